The zero-order valence-corrected chi connectivity index (χ0v) is 27.2. The lowest BCUT2D eigenvalue weighted by Gasteiger charge is -2.28. The van der Waals surface area contributed by atoms with Crippen molar-refractivity contribution in [3.63, 3.8) is 0 Å². The van der Waals surface area contributed by atoms with Crippen LogP contribution in [0, 0.1) is 0 Å². The molecule has 1 nitrogen and oxygen atoms in total. The molecule has 0 radical (unpaired) electrons. The van der Waals surface area contributed by atoms with Crippen LogP contribution in [0.15, 0.2) is 176 Å². The highest BCUT2D eigenvalue weighted by Gasteiger charge is 2.35. The van der Waals surface area contributed by atoms with Gasteiger partial charge in [0.05, 0.1) is 5.69 Å². The predicted octanol–water partition coefficient (Wildman–Crippen LogP) is 13.1. The van der Waals surface area contributed by atoms with E-state index in [0.717, 1.165) is 11.4 Å². The van der Waals surface area contributed by atoms with Crippen molar-refractivity contribution in [2.75, 3.05) is 4.90 Å². The zero-order valence-electron chi connectivity index (χ0n) is 27.2. The SMILES string of the molecule is CC1(C)c2ccccc2-c2cc3c(N(c4ccc(-c5ccccc5)cc4)c4ccc(-c5ccc6ccccc6c5)cc4)cccc3cc21. The molecule has 0 amide bonds. The average molecular weight is 614 g/mol. The molecular formula is C47H35N. The molecule has 228 valence electrons. The highest BCUT2D eigenvalue weighted by molar-refractivity contribution is 6.03. The molecule has 0 saturated carbocycles. The molecule has 8 aromatic rings. The van der Waals surface area contributed by atoms with Crippen LogP contribution in [0.1, 0.15) is 25.0 Å². The Morgan fingerprint density at radius 1 is 0.375 bits per heavy atom. The van der Waals surface area contributed by atoms with Crippen LogP contribution < -0.4 is 4.90 Å². The van der Waals surface area contributed by atoms with E-state index in [9.17, 15) is 0 Å². The molecule has 9 rings (SSSR count). The molecule has 0 atom stereocenters. The summed E-state index contributed by atoms with van der Waals surface area (Å²) in [4.78, 5) is 2.42. The van der Waals surface area contributed by atoms with Gasteiger partial charge in [-0.2, -0.15) is 0 Å². The molecule has 0 unspecified atom stereocenters. The Bertz CT molecular complexity index is 2450. The third-order valence-electron chi connectivity index (χ3n) is 10.2. The van der Waals surface area contributed by atoms with Crippen LogP contribution in [0.3, 0.4) is 0 Å². The number of hydrogen-bond acceptors (Lipinski definition) is 1. The maximum atomic E-state index is 2.43. The van der Waals surface area contributed by atoms with Crippen LogP contribution in [0.2, 0.25) is 0 Å². The molecule has 1 aliphatic carbocycles. The molecular weight excluding hydrogens is 579 g/mol. The lowest BCUT2D eigenvalue weighted by atomic mass is 9.82. The fourth-order valence-electron chi connectivity index (χ4n) is 7.68. The third kappa shape index (κ3) is 4.62. The van der Waals surface area contributed by atoms with Gasteiger partial charge in [0.15, 0.2) is 0 Å². The van der Waals surface area contributed by atoms with E-state index in [4.69, 9.17) is 0 Å². The molecule has 1 aliphatic rings. The minimum Gasteiger partial charge on any atom is -0.310 e. The van der Waals surface area contributed by atoms with Gasteiger partial charge in [-0.3, -0.25) is 0 Å². The summed E-state index contributed by atoms with van der Waals surface area (Å²) < 4.78 is 0. The molecule has 48 heavy (non-hydrogen) atoms. The van der Waals surface area contributed by atoms with E-state index in [2.05, 4.69) is 195 Å². The number of benzene rings is 8. The van der Waals surface area contributed by atoms with Crippen LogP contribution in [-0.2, 0) is 5.41 Å². The quantitative estimate of drug-likeness (QED) is 0.187. The first-order valence-corrected chi connectivity index (χ1v) is 16.8. The Morgan fingerprint density at radius 2 is 0.958 bits per heavy atom. The normalized spacial score (nSPS) is 13.0. The van der Waals surface area contributed by atoms with Crippen molar-refractivity contribution < 1.29 is 0 Å². The van der Waals surface area contributed by atoms with Crippen LogP contribution in [0.5, 0.6) is 0 Å². The molecule has 0 N–H and O–H groups in total. The van der Waals surface area contributed by atoms with E-state index in [0.29, 0.717) is 0 Å². The van der Waals surface area contributed by atoms with Gasteiger partial charge in [-0.05, 0) is 109 Å². The second-order valence-corrected chi connectivity index (χ2v) is 13.4. The second-order valence-electron chi connectivity index (χ2n) is 13.4. The van der Waals surface area contributed by atoms with Crippen LogP contribution in [0.25, 0.3) is 54.9 Å². The van der Waals surface area contributed by atoms with Crippen molar-refractivity contribution in [1.82, 2.24) is 0 Å². The van der Waals surface area contributed by atoms with Crippen LogP contribution in [-0.4, -0.2) is 0 Å². The number of nitrogens with zero attached hydrogens (tertiary/aromatic N) is 1. The molecule has 0 fully saturated rings. The van der Waals surface area contributed by atoms with Crippen molar-refractivity contribution >= 4 is 38.6 Å². The number of fused-ring (bicyclic) bond motifs is 5. The Hall–Kier alpha value is -5.92. The fraction of sp³-hybridized carbons (Fsp3) is 0.0638. The zero-order chi connectivity index (χ0) is 32.2. The molecule has 0 aliphatic heterocycles. The number of hydrogen-bond donors (Lipinski definition) is 0. The number of anilines is 3. The fourth-order valence-corrected chi connectivity index (χ4v) is 7.68. The van der Waals surface area contributed by atoms with Gasteiger partial charge in [-0.1, -0.05) is 141 Å². The van der Waals surface area contributed by atoms with Crippen molar-refractivity contribution in [2.45, 2.75) is 19.3 Å². The molecule has 8 aromatic carbocycles. The smallest absolute Gasteiger partial charge is 0.0540 e. The highest BCUT2D eigenvalue weighted by Crippen LogP contribution is 2.51. The summed E-state index contributed by atoms with van der Waals surface area (Å²) in [6.07, 6.45) is 0. The first-order valence-electron chi connectivity index (χ1n) is 16.8. The lowest BCUT2D eigenvalue weighted by Crippen LogP contribution is -2.15. The van der Waals surface area contributed by atoms with E-state index in [1.165, 1.54) is 71.7 Å². The van der Waals surface area contributed by atoms with Gasteiger partial charge in [0.25, 0.3) is 0 Å². The predicted molar refractivity (Wildman–Crippen MR) is 205 cm³/mol. The summed E-state index contributed by atoms with van der Waals surface area (Å²) in [5, 5.41) is 5.02. The van der Waals surface area contributed by atoms with Crippen molar-refractivity contribution in [3.05, 3.63) is 187 Å². The molecule has 0 aromatic heterocycles. The molecule has 0 spiro atoms. The van der Waals surface area contributed by atoms with Crippen LogP contribution in [0.4, 0.5) is 17.1 Å². The summed E-state index contributed by atoms with van der Waals surface area (Å²) in [5.74, 6) is 0. The first-order chi connectivity index (χ1) is 23.5. The highest BCUT2D eigenvalue weighted by atomic mass is 15.1. The number of rotatable bonds is 5. The molecule has 1 heteroatoms. The molecule has 0 heterocycles. The van der Waals surface area contributed by atoms with Crippen molar-refractivity contribution in [3.8, 4) is 33.4 Å². The van der Waals surface area contributed by atoms with E-state index in [-0.39, 0.29) is 5.41 Å². The Balaban J connectivity index is 1.20. The van der Waals surface area contributed by atoms with Gasteiger partial charge in [0.1, 0.15) is 0 Å². The standard InChI is InChI=1S/C47H35N/c1-47(2)44-17-9-8-16-41(44)43-31-42-38(30-45(43)47)15-10-18-46(42)48(39-25-21-34(22-26-39)32-11-4-3-5-12-32)40-27-23-35(24-28-40)37-20-19-33-13-6-7-14-36(33)29-37/h3-31H,1-2H3. The Kier molecular flexibility index (Phi) is 6.55. The van der Waals surface area contributed by atoms with Gasteiger partial charge in [-0.15, -0.1) is 0 Å². The summed E-state index contributed by atoms with van der Waals surface area (Å²) >= 11 is 0. The maximum absolute atomic E-state index is 2.43. The average Bonchev–Trinajstić information content (AvgIpc) is 3.37. The summed E-state index contributed by atoms with van der Waals surface area (Å²) in [6, 6.07) is 64.4. The lowest BCUT2D eigenvalue weighted by molar-refractivity contribution is 0.661. The van der Waals surface area contributed by atoms with Gasteiger partial charge in [0, 0.05) is 22.2 Å². The Morgan fingerprint density at radius 3 is 1.71 bits per heavy atom. The summed E-state index contributed by atoms with van der Waals surface area (Å²) in [6.45, 7) is 4.70. The van der Waals surface area contributed by atoms with E-state index in [1.54, 1.807) is 0 Å². The molecule has 0 saturated heterocycles. The van der Waals surface area contributed by atoms with Crippen molar-refractivity contribution in [2.24, 2.45) is 0 Å². The minimum absolute atomic E-state index is 0.0400. The van der Waals surface area contributed by atoms with E-state index < -0.39 is 0 Å². The largest absolute Gasteiger partial charge is 0.310 e. The van der Waals surface area contributed by atoms with Gasteiger partial charge in [0.2, 0.25) is 0 Å². The maximum Gasteiger partial charge on any atom is 0.0540 e. The van der Waals surface area contributed by atoms with Crippen LogP contribution >= 0.6 is 0 Å². The van der Waals surface area contributed by atoms with Gasteiger partial charge < -0.3 is 4.90 Å². The van der Waals surface area contributed by atoms with Crippen molar-refractivity contribution in [1.29, 1.82) is 0 Å². The van der Waals surface area contributed by atoms with E-state index in [1.807, 2.05) is 0 Å². The van der Waals surface area contributed by atoms with Gasteiger partial charge in [-0.25, -0.2) is 0 Å². The second kappa shape index (κ2) is 11.1. The third-order valence-corrected chi connectivity index (χ3v) is 10.2. The Labute approximate surface area is 282 Å². The monoisotopic (exact) mass is 613 g/mol. The summed E-state index contributed by atoms with van der Waals surface area (Å²) in [5.41, 5.74) is 13.7. The topological polar surface area (TPSA) is 3.24 Å². The van der Waals surface area contributed by atoms with Gasteiger partial charge >= 0.3 is 0 Å². The summed E-state index contributed by atoms with van der Waals surface area (Å²) in [7, 11) is 0. The van der Waals surface area contributed by atoms with E-state index >= 15 is 0 Å². The minimum atomic E-state index is -0.0400. The molecule has 0 bridgehead atoms. The first kappa shape index (κ1) is 28.3.